The van der Waals surface area contributed by atoms with Crippen molar-refractivity contribution in [3.63, 3.8) is 0 Å². The largest absolute Gasteiger partial charge is 0.294 e. The molecular formula is C10H16O. The van der Waals surface area contributed by atoms with Crippen LogP contribution in [0.25, 0.3) is 0 Å². The van der Waals surface area contributed by atoms with Crippen LogP contribution >= 0.6 is 0 Å². The number of Topliss-reactive ketones (excluding diaryl/α,β-unsaturated/α-hetero) is 1. The first kappa shape index (κ1) is 10.2. The minimum absolute atomic E-state index is 0.211. The fourth-order valence-corrected chi connectivity index (χ4v) is 0.950. The molecule has 0 aromatic rings. The maximum atomic E-state index is 11.3. The number of ketones is 1. The SMILES string of the molecule is C=C(C)CC(=O)/C(=C\C)CC. The quantitative estimate of drug-likeness (QED) is 0.447. The molecule has 0 radical (unpaired) electrons. The van der Waals surface area contributed by atoms with Crippen LogP contribution in [-0.4, -0.2) is 5.78 Å². The van der Waals surface area contributed by atoms with Gasteiger partial charge in [-0.1, -0.05) is 25.2 Å². The molecule has 0 rings (SSSR count). The molecule has 0 aromatic carbocycles. The van der Waals surface area contributed by atoms with E-state index < -0.39 is 0 Å². The van der Waals surface area contributed by atoms with Crippen LogP contribution in [-0.2, 0) is 4.79 Å². The second-order valence-corrected chi connectivity index (χ2v) is 2.72. The van der Waals surface area contributed by atoms with E-state index in [1.54, 1.807) is 0 Å². The highest BCUT2D eigenvalue weighted by Crippen LogP contribution is 2.08. The van der Waals surface area contributed by atoms with E-state index >= 15 is 0 Å². The topological polar surface area (TPSA) is 17.1 Å². The molecule has 0 spiro atoms. The predicted octanol–water partition coefficient (Wildman–Crippen LogP) is 2.88. The van der Waals surface area contributed by atoms with Crippen molar-refractivity contribution in [2.75, 3.05) is 0 Å². The standard InChI is InChI=1S/C10H16O/c1-5-9(6-2)10(11)7-8(3)4/h5H,3,6-7H2,1-2,4H3/b9-5-. The van der Waals surface area contributed by atoms with Gasteiger partial charge in [0.05, 0.1) is 0 Å². The van der Waals surface area contributed by atoms with Gasteiger partial charge in [0.2, 0.25) is 0 Å². The highest BCUT2D eigenvalue weighted by Gasteiger charge is 2.05. The van der Waals surface area contributed by atoms with Gasteiger partial charge in [-0.3, -0.25) is 4.79 Å². The van der Waals surface area contributed by atoms with E-state index in [4.69, 9.17) is 0 Å². The van der Waals surface area contributed by atoms with Crippen molar-refractivity contribution in [2.24, 2.45) is 0 Å². The molecule has 0 amide bonds. The molecule has 0 aromatic heterocycles. The number of hydrogen-bond donors (Lipinski definition) is 0. The molecule has 0 aliphatic heterocycles. The fraction of sp³-hybridized carbons (Fsp3) is 0.500. The van der Waals surface area contributed by atoms with Crippen molar-refractivity contribution in [2.45, 2.75) is 33.6 Å². The van der Waals surface area contributed by atoms with Crippen molar-refractivity contribution < 1.29 is 4.79 Å². The molecule has 0 N–H and O–H groups in total. The van der Waals surface area contributed by atoms with Crippen LogP contribution in [0.15, 0.2) is 23.8 Å². The van der Waals surface area contributed by atoms with Crippen LogP contribution in [0.4, 0.5) is 0 Å². The van der Waals surface area contributed by atoms with Crippen molar-refractivity contribution in [1.29, 1.82) is 0 Å². The number of carbonyl (C=O) groups is 1. The van der Waals surface area contributed by atoms with Crippen LogP contribution in [0, 0.1) is 0 Å². The Labute approximate surface area is 68.8 Å². The molecule has 11 heavy (non-hydrogen) atoms. The van der Waals surface area contributed by atoms with E-state index in [2.05, 4.69) is 6.58 Å². The third-order valence-electron chi connectivity index (χ3n) is 1.55. The first-order valence-corrected chi connectivity index (χ1v) is 3.94. The molecule has 0 aliphatic carbocycles. The monoisotopic (exact) mass is 152 g/mol. The normalized spacial score (nSPS) is 11.4. The van der Waals surface area contributed by atoms with Gasteiger partial charge < -0.3 is 0 Å². The second-order valence-electron chi connectivity index (χ2n) is 2.72. The summed E-state index contributed by atoms with van der Waals surface area (Å²) in [5.74, 6) is 0.211. The zero-order chi connectivity index (χ0) is 8.85. The highest BCUT2D eigenvalue weighted by molar-refractivity contribution is 5.96. The molecule has 62 valence electrons. The summed E-state index contributed by atoms with van der Waals surface area (Å²) in [5, 5.41) is 0. The van der Waals surface area contributed by atoms with Crippen LogP contribution in [0.3, 0.4) is 0 Å². The Bertz CT molecular complexity index is 187. The van der Waals surface area contributed by atoms with E-state index in [1.807, 2.05) is 26.8 Å². The van der Waals surface area contributed by atoms with Crippen molar-refractivity contribution >= 4 is 5.78 Å². The minimum Gasteiger partial charge on any atom is -0.294 e. The van der Waals surface area contributed by atoms with E-state index in [1.165, 1.54) is 0 Å². The molecule has 0 aliphatic rings. The van der Waals surface area contributed by atoms with Crippen LogP contribution in [0.1, 0.15) is 33.6 Å². The molecule has 0 unspecified atom stereocenters. The summed E-state index contributed by atoms with van der Waals surface area (Å²) in [6.45, 7) is 9.46. The lowest BCUT2D eigenvalue weighted by molar-refractivity contribution is -0.115. The summed E-state index contributed by atoms with van der Waals surface area (Å²) in [7, 11) is 0. The van der Waals surface area contributed by atoms with Crippen molar-refractivity contribution in [3.8, 4) is 0 Å². The zero-order valence-electron chi connectivity index (χ0n) is 7.61. The van der Waals surface area contributed by atoms with Crippen LogP contribution in [0.2, 0.25) is 0 Å². The summed E-state index contributed by atoms with van der Waals surface area (Å²) in [5.41, 5.74) is 1.84. The Kier molecular flexibility index (Phi) is 4.51. The van der Waals surface area contributed by atoms with E-state index in [0.717, 1.165) is 17.6 Å². The summed E-state index contributed by atoms with van der Waals surface area (Å²) in [6, 6.07) is 0. The molecule has 1 nitrogen and oxygen atoms in total. The van der Waals surface area contributed by atoms with Crippen molar-refractivity contribution in [1.82, 2.24) is 0 Å². The van der Waals surface area contributed by atoms with E-state index in [-0.39, 0.29) is 5.78 Å². The Morgan fingerprint density at radius 2 is 2.09 bits per heavy atom. The fourth-order valence-electron chi connectivity index (χ4n) is 0.950. The number of carbonyl (C=O) groups excluding carboxylic acids is 1. The van der Waals surface area contributed by atoms with Gasteiger partial charge in [0.1, 0.15) is 0 Å². The molecule has 0 atom stereocenters. The van der Waals surface area contributed by atoms with Gasteiger partial charge in [-0.15, -0.1) is 0 Å². The summed E-state index contributed by atoms with van der Waals surface area (Å²) in [6.07, 6.45) is 3.20. The van der Waals surface area contributed by atoms with Gasteiger partial charge in [0.15, 0.2) is 5.78 Å². The van der Waals surface area contributed by atoms with Gasteiger partial charge in [-0.25, -0.2) is 0 Å². The van der Waals surface area contributed by atoms with Gasteiger partial charge in [0, 0.05) is 6.42 Å². The molecule has 0 fully saturated rings. The first-order valence-electron chi connectivity index (χ1n) is 3.94. The van der Waals surface area contributed by atoms with Crippen LogP contribution in [0.5, 0.6) is 0 Å². The summed E-state index contributed by atoms with van der Waals surface area (Å²) < 4.78 is 0. The molecule has 0 saturated heterocycles. The lowest BCUT2D eigenvalue weighted by Gasteiger charge is -2.01. The second kappa shape index (κ2) is 4.89. The lowest BCUT2D eigenvalue weighted by Crippen LogP contribution is -2.01. The Morgan fingerprint density at radius 3 is 2.36 bits per heavy atom. The van der Waals surface area contributed by atoms with Crippen molar-refractivity contribution in [3.05, 3.63) is 23.8 Å². The molecule has 0 saturated carbocycles. The number of hydrogen-bond acceptors (Lipinski definition) is 1. The van der Waals surface area contributed by atoms with Gasteiger partial charge >= 0.3 is 0 Å². The molecule has 1 heteroatoms. The zero-order valence-corrected chi connectivity index (χ0v) is 7.61. The minimum atomic E-state index is 0.211. The molecule has 0 bridgehead atoms. The first-order chi connectivity index (χ1) is 5.11. The highest BCUT2D eigenvalue weighted by atomic mass is 16.1. The van der Waals surface area contributed by atoms with Gasteiger partial charge in [0.25, 0.3) is 0 Å². The van der Waals surface area contributed by atoms with E-state index in [0.29, 0.717) is 6.42 Å². The molecular weight excluding hydrogens is 136 g/mol. The smallest absolute Gasteiger partial charge is 0.162 e. The third kappa shape index (κ3) is 3.76. The Morgan fingerprint density at radius 1 is 1.55 bits per heavy atom. The third-order valence-corrected chi connectivity index (χ3v) is 1.55. The summed E-state index contributed by atoms with van der Waals surface area (Å²) >= 11 is 0. The van der Waals surface area contributed by atoms with Gasteiger partial charge in [-0.05, 0) is 25.8 Å². The lowest BCUT2D eigenvalue weighted by atomic mass is 10.0. The predicted molar refractivity (Wildman–Crippen MR) is 48.5 cm³/mol. The number of allylic oxidation sites excluding steroid dienone is 3. The summed E-state index contributed by atoms with van der Waals surface area (Å²) in [4.78, 5) is 11.3. The van der Waals surface area contributed by atoms with E-state index in [9.17, 15) is 4.79 Å². The van der Waals surface area contributed by atoms with Gasteiger partial charge in [-0.2, -0.15) is 0 Å². The Balaban J connectivity index is 4.12. The maximum Gasteiger partial charge on any atom is 0.162 e. The van der Waals surface area contributed by atoms with Crippen LogP contribution < -0.4 is 0 Å². The number of rotatable bonds is 4. The molecule has 0 heterocycles. The maximum absolute atomic E-state index is 11.3. The average molecular weight is 152 g/mol. The average Bonchev–Trinajstić information content (AvgIpc) is 1.88. The Hall–Kier alpha value is -0.850.